The first-order valence-corrected chi connectivity index (χ1v) is 5.21. The summed E-state index contributed by atoms with van der Waals surface area (Å²) in [5.74, 6) is 0.405. The molecule has 2 rings (SSSR count). The summed E-state index contributed by atoms with van der Waals surface area (Å²) < 4.78 is 2.09. The molecule has 0 radical (unpaired) electrons. The SMILES string of the molecule is Cc1cc(C)n(C2CCC(=O)CC2)n1. The molecule has 1 heterocycles. The van der Waals surface area contributed by atoms with Crippen molar-refractivity contribution in [2.75, 3.05) is 0 Å². The molecule has 0 bridgehead atoms. The first-order valence-electron chi connectivity index (χ1n) is 5.21. The zero-order valence-electron chi connectivity index (χ0n) is 8.79. The van der Waals surface area contributed by atoms with Gasteiger partial charge in [0.2, 0.25) is 0 Å². The normalized spacial score (nSPS) is 18.9. The molecule has 0 aliphatic heterocycles. The average molecular weight is 192 g/mol. The lowest BCUT2D eigenvalue weighted by Crippen LogP contribution is -2.19. The van der Waals surface area contributed by atoms with E-state index >= 15 is 0 Å². The van der Waals surface area contributed by atoms with E-state index in [2.05, 4.69) is 22.8 Å². The maximum absolute atomic E-state index is 11.1. The maximum atomic E-state index is 11.1. The summed E-state index contributed by atoms with van der Waals surface area (Å²) in [6, 6.07) is 2.54. The zero-order chi connectivity index (χ0) is 10.1. The van der Waals surface area contributed by atoms with Crippen LogP contribution in [-0.2, 0) is 4.79 Å². The Morgan fingerprint density at radius 2 is 2.00 bits per heavy atom. The number of nitrogens with zero attached hydrogens (tertiary/aromatic N) is 2. The van der Waals surface area contributed by atoms with E-state index in [1.54, 1.807) is 0 Å². The number of ketones is 1. The van der Waals surface area contributed by atoms with Gasteiger partial charge in [0.1, 0.15) is 5.78 Å². The molecule has 3 heteroatoms. The van der Waals surface area contributed by atoms with Crippen LogP contribution < -0.4 is 0 Å². The highest BCUT2D eigenvalue weighted by atomic mass is 16.1. The fourth-order valence-electron chi connectivity index (χ4n) is 2.18. The lowest BCUT2D eigenvalue weighted by molar-refractivity contribution is -0.120. The predicted octanol–water partition coefficient (Wildman–Crippen LogP) is 2.18. The molecule has 14 heavy (non-hydrogen) atoms. The Kier molecular flexibility index (Phi) is 2.40. The minimum Gasteiger partial charge on any atom is -0.300 e. The van der Waals surface area contributed by atoms with Crippen molar-refractivity contribution in [3.05, 3.63) is 17.5 Å². The topological polar surface area (TPSA) is 34.9 Å². The molecule has 0 aromatic carbocycles. The fourth-order valence-corrected chi connectivity index (χ4v) is 2.18. The van der Waals surface area contributed by atoms with Gasteiger partial charge in [0, 0.05) is 18.5 Å². The van der Waals surface area contributed by atoms with Crippen molar-refractivity contribution < 1.29 is 4.79 Å². The van der Waals surface area contributed by atoms with Gasteiger partial charge in [-0.25, -0.2) is 0 Å². The molecule has 0 atom stereocenters. The quantitative estimate of drug-likeness (QED) is 0.683. The Morgan fingerprint density at radius 1 is 1.36 bits per heavy atom. The van der Waals surface area contributed by atoms with Gasteiger partial charge in [-0.2, -0.15) is 5.10 Å². The van der Waals surface area contributed by atoms with Crippen molar-refractivity contribution in [2.24, 2.45) is 0 Å². The van der Waals surface area contributed by atoms with Gasteiger partial charge in [-0.15, -0.1) is 0 Å². The molecule has 1 aromatic heterocycles. The Labute approximate surface area is 84.1 Å². The number of aromatic nitrogens is 2. The highest BCUT2D eigenvalue weighted by molar-refractivity contribution is 5.79. The first kappa shape index (κ1) is 9.44. The molecule has 1 fully saturated rings. The molecule has 76 valence electrons. The minimum atomic E-state index is 0.405. The Hall–Kier alpha value is -1.12. The molecule has 0 amide bonds. The molecule has 0 saturated heterocycles. The molecular formula is C11H16N2O. The Balaban J connectivity index is 2.15. The third-order valence-electron chi connectivity index (χ3n) is 2.90. The van der Waals surface area contributed by atoms with Gasteiger partial charge in [0.15, 0.2) is 0 Å². The molecule has 1 aromatic rings. The van der Waals surface area contributed by atoms with E-state index in [-0.39, 0.29) is 0 Å². The second-order valence-corrected chi connectivity index (χ2v) is 4.14. The summed E-state index contributed by atoms with van der Waals surface area (Å²) in [5.41, 5.74) is 2.28. The van der Waals surface area contributed by atoms with Crippen LogP contribution in [0.25, 0.3) is 0 Å². The molecule has 3 nitrogen and oxygen atoms in total. The molecule has 0 spiro atoms. The smallest absolute Gasteiger partial charge is 0.133 e. The van der Waals surface area contributed by atoms with E-state index in [0.717, 1.165) is 31.4 Å². The minimum absolute atomic E-state index is 0.405. The Bertz CT molecular complexity index is 344. The zero-order valence-corrected chi connectivity index (χ0v) is 8.79. The summed E-state index contributed by atoms with van der Waals surface area (Å²) in [6.45, 7) is 4.09. The van der Waals surface area contributed by atoms with Gasteiger partial charge in [-0.05, 0) is 32.8 Å². The van der Waals surface area contributed by atoms with Crippen LogP contribution in [-0.4, -0.2) is 15.6 Å². The average Bonchev–Trinajstić information content (AvgIpc) is 2.47. The molecule has 1 aliphatic rings. The van der Waals surface area contributed by atoms with Crippen LogP contribution in [0.15, 0.2) is 6.07 Å². The molecular weight excluding hydrogens is 176 g/mol. The number of hydrogen-bond acceptors (Lipinski definition) is 2. The monoisotopic (exact) mass is 192 g/mol. The standard InChI is InChI=1S/C11H16N2O/c1-8-7-9(2)13(12-8)10-3-5-11(14)6-4-10/h7,10H,3-6H2,1-2H3. The van der Waals surface area contributed by atoms with Gasteiger partial charge >= 0.3 is 0 Å². The van der Waals surface area contributed by atoms with E-state index < -0.39 is 0 Å². The summed E-state index contributed by atoms with van der Waals surface area (Å²) >= 11 is 0. The van der Waals surface area contributed by atoms with E-state index in [1.165, 1.54) is 5.69 Å². The van der Waals surface area contributed by atoms with Crippen LogP contribution in [0.2, 0.25) is 0 Å². The van der Waals surface area contributed by atoms with Gasteiger partial charge in [-0.3, -0.25) is 9.48 Å². The van der Waals surface area contributed by atoms with Crippen LogP contribution >= 0.6 is 0 Å². The van der Waals surface area contributed by atoms with Crippen LogP contribution in [0.5, 0.6) is 0 Å². The molecule has 0 unspecified atom stereocenters. The first-order chi connectivity index (χ1) is 6.66. The number of rotatable bonds is 1. The molecule has 0 N–H and O–H groups in total. The van der Waals surface area contributed by atoms with E-state index in [0.29, 0.717) is 11.8 Å². The highest BCUT2D eigenvalue weighted by Gasteiger charge is 2.21. The van der Waals surface area contributed by atoms with Crippen molar-refractivity contribution in [3.63, 3.8) is 0 Å². The van der Waals surface area contributed by atoms with Gasteiger partial charge < -0.3 is 0 Å². The number of Topliss-reactive ketones (excluding diaryl/α,β-unsaturated/α-hetero) is 1. The third kappa shape index (κ3) is 1.72. The van der Waals surface area contributed by atoms with Crippen molar-refractivity contribution in [3.8, 4) is 0 Å². The van der Waals surface area contributed by atoms with Crippen molar-refractivity contribution in [1.29, 1.82) is 0 Å². The van der Waals surface area contributed by atoms with Gasteiger partial charge in [-0.1, -0.05) is 0 Å². The summed E-state index contributed by atoms with van der Waals surface area (Å²) in [5, 5.41) is 4.46. The fraction of sp³-hybridized carbons (Fsp3) is 0.636. The summed E-state index contributed by atoms with van der Waals surface area (Å²) in [6.07, 6.45) is 3.37. The second kappa shape index (κ2) is 3.56. The van der Waals surface area contributed by atoms with Crippen LogP contribution in [0.4, 0.5) is 0 Å². The highest BCUT2D eigenvalue weighted by Crippen LogP contribution is 2.26. The van der Waals surface area contributed by atoms with E-state index in [4.69, 9.17) is 0 Å². The van der Waals surface area contributed by atoms with Crippen molar-refractivity contribution in [2.45, 2.75) is 45.6 Å². The van der Waals surface area contributed by atoms with Gasteiger partial charge in [0.25, 0.3) is 0 Å². The second-order valence-electron chi connectivity index (χ2n) is 4.14. The van der Waals surface area contributed by atoms with E-state index in [1.807, 2.05) is 6.92 Å². The molecule has 1 saturated carbocycles. The lowest BCUT2D eigenvalue weighted by Gasteiger charge is -2.22. The summed E-state index contributed by atoms with van der Waals surface area (Å²) in [7, 11) is 0. The van der Waals surface area contributed by atoms with E-state index in [9.17, 15) is 4.79 Å². The number of aryl methyl sites for hydroxylation is 2. The largest absolute Gasteiger partial charge is 0.300 e. The number of hydrogen-bond donors (Lipinski definition) is 0. The molecule has 1 aliphatic carbocycles. The number of carbonyl (C=O) groups excluding carboxylic acids is 1. The van der Waals surface area contributed by atoms with Gasteiger partial charge in [0.05, 0.1) is 11.7 Å². The number of carbonyl (C=O) groups is 1. The van der Waals surface area contributed by atoms with Crippen molar-refractivity contribution >= 4 is 5.78 Å². The van der Waals surface area contributed by atoms with Crippen LogP contribution in [0, 0.1) is 13.8 Å². The Morgan fingerprint density at radius 3 is 2.50 bits per heavy atom. The summed E-state index contributed by atoms with van der Waals surface area (Å²) in [4.78, 5) is 11.1. The van der Waals surface area contributed by atoms with Crippen LogP contribution in [0.3, 0.4) is 0 Å². The third-order valence-corrected chi connectivity index (χ3v) is 2.90. The maximum Gasteiger partial charge on any atom is 0.133 e. The van der Waals surface area contributed by atoms with Crippen LogP contribution in [0.1, 0.15) is 43.1 Å². The van der Waals surface area contributed by atoms with Crippen molar-refractivity contribution in [1.82, 2.24) is 9.78 Å². The predicted molar refractivity (Wildman–Crippen MR) is 54.2 cm³/mol. The lowest BCUT2D eigenvalue weighted by atomic mass is 9.94.